The van der Waals surface area contributed by atoms with Gasteiger partial charge in [-0.15, -0.1) is 0 Å². The molecule has 2 fully saturated rings. The lowest BCUT2D eigenvalue weighted by atomic mass is 9.76. The molecule has 0 radical (unpaired) electrons. The highest BCUT2D eigenvalue weighted by Crippen LogP contribution is 2.31. The fraction of sp³-hybridized carbons (Fsp3) is 0.818. The zero-order valence-electron chi connectivity index (χ0n) is 8.42. The van der Waals surface area contributed by atoms with Gasteiger partial charge in [0.15, 0.2) is 0 Å². The first-order valence-electron chi connectivity index (χ1n) is 5.57. The van der Waals surface area contributed by atoms with Crippen LogP contribution >= 0.6 is 0 Å². The predicted octanol–water partition coefficient (Wildman–Crippen LogP) is 1.27. The van der Waals surface area contributed by atoms with E-state index in [1.54, 1.807) is 0 Å². The minimum absolute atomic E-state index is 0.0953. The van der Waals surface area contributed by atoms with E-state index in [0.29, 0.717) is 12.5 Å². The number of carbonyl (C=O) groups excluding carboxylic acids is 2. The molecule has 1 atom stereocenters. The van der Waals surface area contributed by atoms with Crippen molar-refractivity contribution >= 4 is 11.7 Å². The molecule has 0 spiro atoms. The smallest absolute Gasteiger partial charge is 0.227 e. The van der Waals surface area contributed by atoms with Gasteiger partial charge in [-0.25, -0.2) is 0 Å². The molecule has 14 heavy (non-hydrogen) atoms. The van der Waals surface area contributed by atoms with Gasteiger partial charge in [-0.3, -0.25) is 9.59 Å². The lowest BCUT2D eigenvalue weighted by Gasteiger charge is -2.31. The molecule has 1 saturated carbocycles. The number of amides is 1. The minimum atomic E-state index is -0.0953. The fourth-order valence-electron chi connectivity index (χ4n) is 2.66. The second kappa shape index (κ2) is 4.11. The molecule has 1 aliphatic carbocycles. The summed E-state index contributed by atoms with van der Waals surface area (Å²) < 4.78 is 0. The summed E-state index contributed by atoms with van der Waals surface area (Å²) in [5, 5.41) is 2.80. The number of ketones is 1. The van der Waals surface area contributed by atoms with E-state index in [2.05, 4.69) is 5.32 Å². The zero-order valence-corrected chi connectivity index (χ0v) is 8.42. The lowest BCUT2D eigenvalue weighted by molar-refractivity contribution is -0.135. The largest absolute Gasteiger partial charge is 0.355 e. The van der Waals surface area contributed by atoms with Crippen LogP contribution in [0.2, 0.25) is 0 Å². The second-order valence-electron chi connectivity index (χ2n) is 4.45. The zero-order chi connectivity index (χ0) is 9.97. The van der Waals surface area contributed by atoms with Crippen LogP contribution in [0, 0.1) is 11.8 Å². The van der Waals surface area contributed by atoms with Crippen molar-refractivity contribution in [2.24, 2.45) is 11.8 Å². The topological polar surface area (TPSA) is 46.2 Å². The molecule has 1 heterocycles. The molecule has 1 unspecified atom stereocenters. The normalized spacial score (nSPS) is 30.1. The summed E-state index contributed by atoms with van der Waals surface area (Å²) in [6.45, 7) is 0.586. The molecule has 3 nitrogen and oxygen atoms in total. The number of hydrogen-bond acceptors (Lipinski definition) is 2. The van der Waals surface area contributed by atoms with E-state index in [1.165, 1.54) is 32.1 Å². The Kier molecular flexibility index (Phi) is 2.85. The summed E-state index contributed by atoms with van der Waals surface area (Å²) in [6, 6.07) is 0. The van der Waals surface area contributed by atoms with E-state index in [4.69, 9.17) is 0 Å². The van der Waals surface area contributed by atoms with Gasteiger partial charge in [0, 0.05) is 12.5 Å². The average molecular weight is 195 g/mol. The average Bonchev–Trinajstić information content (AvgIpc) is 2.19. The number of piperidine rings is 1. The Labute approximate surface area is 84.2 Å². The number of carbonyl (C=O) groups is 2. The molecular weight excluding hydrogens is 178 g/mol. The van der Waals surface area contributed by atoms with Crippen LogP contribution in [0.15, 0.2) is 0 Å². The molecule has 3 heteroatoms. The predicted molar refractivity (Wildman–Crippen MR) is 52.7 cm³/mol. The Bertz CT molecular complexity index is 244. The van der Waals surface area contributed by atoms with Crippen molar-refractivity contribution in [2.75, 3.05) is 6.54 Å². The third kappa shape index (κ3) is 1.97. The van der Waals surface area contributed by atoms with Crippen LogP contribution in [0.4, 0.5) is 0 Å². The van der Waals surface area contributed by atoms with Gasteiger partial charge in [0.25, 0.3) is 0 Å². The van der Waals surface area contributed by atoms with Gasteiger partial charge in [0.1, 0.15) is 5.78 Å². The SMILES string of the molecule is O=C1CC(=O)C(C2CCCCC2)CN1. The maximum Gasteiger partial charge on any atom is 0.227 e. The van der Waals surface area contributed by atoms with Gasteiger partial charge in [-0.2, -0.15) is 0 Å². The molecule has 2 rings (SSSR count). The van der Waals surface area contributed by atoms with Crippen LogP contribution in [0.3, 0.4) is 0 Å². The quantitative estimate of drug-likeness (QED) is 0.640. The highest BCUT2D eigenvalue weighted by atomic mass is 16.2. The maximum atomic E-state index is 11.6. The number of Topliss-reactive ketones (excluding diaryl/α,β-unsaturated/α-hetero) is 1. The molecule has 1 amide bonds. The van der Waals surface area contributed by atoms with Crippen LogP contribution in [-0.2, 0) is 9.59 Å². The van der Waals surface area contributed by atoms with Crippen molar-refractivity contribution in [2.45, 2.75) is 38.5 Å². The van der Waals surface area contributed by atoms with Crippen LogP contribution < -0.4 is 5.32 Å². The molecule has 78 valence electrons. The van der Waals surface area contributed by atoms with Crippen molar-refractivity contribution in [3.63, 3.8) is 0 Å². The van der Waals surface area contributed by atoms with E-state index in [-0.39, 0.29) is 24.0 Å². The van der Waals surface area contributed by atoms with Crippen LogP contribution in [0.25, 0.3) is 0 Å². The summed E-state index contributed by atoms with van der Waals surface area (Å²) >= 11 is 0. The Balaban J connectivity index is 1.95. The van der Waals surface area contributed by atoms with Crippen LogP contribution in [0.5, 0.6) is 0 Å². The molecule has 1 N–H and O–H groups in total. The van der Waals surface area contributed by atoms with Gasteiger partial charge in [0.05, 0.1) is 6.42 Å². The van der Waals surface area contributed by atoms with Crippen LogP contribution in [-0.4, -0.2) is 18.2 Å². The van der Waals surface area contributed by atoms with Gasteiger partial charge in [-0.1, -0.05) is 19.3 Å². The molecule has 0 bridgehead atoms. The highest BCUT2D eigenvalue weighted by molar-refractivity contribution is 6.01. The van der Waals surface area contributed by atoms with Gasteiger partial charge >= 0.3 is 0 Å². The number of hydrogen-bond donors (Lipinski definition) is 1. The number of rotatable bonds is 1. The van der Waals surface area contributed by atoms with E-state index in [9.17, 15) is 9.59 Å². The second-order valence-corrected chi connectivity index (χ2v) is 4.45. The molecule has 1 saturated heterocycles. The van der Waals surface area contributed by atoms with Crippen molar-refractivity contribution in [1.29, 1.82) is 0 Å². The third-order valence-electron chi connectivity index (χ3n) is 3.49. The first kappa shape index (κ1) is 9.69. The maximum absolute atomic E-state index is 11.6. The van der Waals surface area contributed by atoms with Crippen molar-refractivity contribution in [3.05, 3.63) is 0 Å². The van der Waals surface area contributed by atoms with Crippen molar-refractivity contribution in [3.8, 4) is 0 Å². The third-order valence-corrected chi connectivity index (χ3v) is 3.49. The van der Waals surface area contributed by atoms with Crippen LogP contribution in [0.1, 0.15) is 38.5 Å². The Hall–Kier alpha value is -0.860. The minimum Gasteiger partial charge on any atom is -0.355 e. The lowest BCUT2D eigenvalue weighted by Crippen LogP contribution is -2.44. The summed E-state index contributed by atoms with van der Waals surface area (Å²) in [5.41, 5.74) is 0. The van der Waals surface area contributed by atoms with Gasteiger partial charge in [-0.05, 0) is 18.8 Å². The molecule has 0 aromatic rings. The Morgan fingerprint density at radius 1 is 1.07 bits per heavy atom. The van der Waals surface area contributed by atoms with Gasteiger partial charge < -0.3 is 5.32 Å². The van der Waals surface area contributed by atoms with Gasteiger partial charge in [0.2, 0.25) is 5.91 Å². The molecule has 1 aliphatic heterocycles. The van der Waals surface area contributed by atoms with Crippen molar-refractivity contribution < 1.29 is 9.59 Å². The first-order valence-corrected chi connectivity index (χ1v) is 5.57. The van der Waals surface area contributed by atoms with E-state index < -0.39 is 0 Å². The fourth-order valence-corrected chi connectivity index (χ4v) is 2.66. The molecule has 0 aromatic carbocycles. The van der Waals surface area contributed by atoms with E-state index >= 15 is 0 Å². The van der Waals surface area contributed by atoms with E-state index in [1.807, 2.05) is 0 Å². The van der Waals surface area contributed by atoms with Crippen molar-refractivity contribution in [1.82, 2.24) is 5.32 Å². The Morgan fingerprint density at radius 2 is 1.79 bits per heavy atom. The molecule has 0 aromatic heterocycles. The number of nitrogens with one attached hydrogen (secondary N) is 1. The summed E-state index contributed by atoms with van der Waals surface area (Å²) in [5.74, 6) is 0.729. The highest BCUT2D eigenvalue weighted by Gasteiger charge is 2.33. The summed E-state index contributed by atoms with van der Waals surface area (Å²) in [7, 11) is 0. The summed E-state index contributed by atoms with van der Waals surface area (Å²) in [4.78, 5) is 22.6. The molecule has 2 aliphatic rings. The first-order chi connectivity index (χ1) is 6.77. The summed E-state index contributed by atoms with van der Waals surface area (Å²) in [6.07, 6.45) is 6.27. The van der Waals surface area contributed by atoms with E-state index in [0.717, 1.165) is 0 Å². The monoisotopic (exact) mass is 195 g/mol. The standard InChI is InChI=1S/C11H17NO2/c13-10-6-11(14)12-7-9(10)8-4-2-1-3-5-8/h8-9H,1-7H2,(H,12,14). The Morgan fingerprint density at radius 3 is 2.43 bits per heavy atom. The molecular formula is C11H17NO2.